The Bertz CT molecular complexity index is 1300. The Labute approximate surface area is 176 Å². The van der Waals surface area contributed by atoms with Crippen molar-refractivity contribution in [1.82, 2.24) is 4.57 Å². The number of hydrogen-bond donors (Lipinski definition) is 1. The summed E-state index contributed by atoms with van der Waals surface area (Å²) in [6.07, 6.45) is 2.44. The van der Waals surface area contributed by atoms with Gasteiger partial charge < -0.3 is 5.11 Å². The first-order chi connectivity index (χ1) is 14.6. The molecule has 1 aliphatic carbocycles. The number of thioether (sulfide) groups is 1. The van der Waals surface area contributed by atoms with E-state index in [9.17, 15) is 14.7 Å². The predicted octanol–water partition coefficient (Wildman–Crippen LogP) is 5.14. The maximum Gasteiger partial charge on any atom is 0.327 e. The van der Waals surface area contributed by atoms with E-state index in [1.807, 2.05) is 42.5 Å². The summed E-state index contributed by atoms with van der Waals surface area (Å²) in [7, 11) is 0. The van der Waals surface area contributed by atoms with Crippen LogP contribution in [0.5, 0.6) is 0 Å². The van der Waals surface area contributed by atoms with Gasteiger partial charge in [-0.1, -0.05) is 47.6 Å². The fraction of sp³-hybridized carbons (Fsp3) is 0.273. The third-order valence-electron chi connectivity index (χ3n) is 5.83. The second-order valence-corrected chi connectivity index (χ2v) is 8.67. The molecule has 150 valence electrons. The largest absolute Gasteiger partial charge is 0.480 e. The molecule has 3 aromatic rings. The van der Waals surface area contributed by atoms with E-state index in [0.717, 1.165) is 45.3 Å². The maximum atomic E-state index is 13.3. The summed E-state index contributed by atoms with van der Waals surface area (Å²) < 4.78 is 1.33. The van der Waals surface area contributed by atoms with Crippen LogP contribution in [0.25, 0.3) is 21.2 Å². The summed E-state index contributed by atoms with van der Waals surface area (Å²) in [5, 5.41) is 16.3. The number of aliphatic carboxylic acids is 1. The van der Waals surface area contributed by atoms with E-state index in [4.69, 9.17) is 5.53 Å². The highest BCUT2D eigenvalue weighted by molar-refractivity contribution is 7.99. The van der Waals surface area contributed by atoms with Gasteiger partial charge in [-0.25, -0.2) is 4.79 Å². The van der Waals surface area contributed by atoms with Crippen LogP contribution in [0, 0.1) is 0 Å². The van der Waals surface area contributed by atoms with E-state index in [2.05, 4.69) is 10.0 Å². The van der Waals surface area contributed by atoms with Crippen molar-refractivity contribution in [1.29, 1.82) is 0 Å². The minimum absolute atomic E-state index is 0.0323. The van der Waals surface area contributed by atoms with Crippen molar-refractivity contribution in [2.45, 2.75) is 36.2 Å². The average molecular weight is 418 g/mol. The van der Waals surface area contributed by atoms with Crippen LogP contribution in [0.15, 0.2) is 57.4 Å². The zero-order chi connectivity index (χ0) is 20.8. The van der Waals surface area contributed by atoms with Crippen LogP contribution < -0.4 is 5.56 Å². The highest BCUT2D eigenvalue weighted by atomic mass is 32.2. The van der Waals surface area contributed by atoms with Gasteiger partial charge in [0.1, 0.15) is 11.7 Å². The van der Waals surface area contributed by atoms with Crippen LogP contribution >= 0.6 is 11.8 Å². The molecule has 0 saturated heterocycles. The van der Waals surface area contributed by atoms with Gasteiger partial charge in [-0.2, -0.15) is 0 Å². The Kier molecular flexibility index (Phi) is 4.53. The van der Waals surface area contributed by atoms with Gasteiger partial charge in [-0.3, -0.25) is 9.36 Å². The van der Waals surface area contributed by atoms with Gasteiger partial charge in [0.2, 0.25) is 0 Å². The molecule has 2 aromatic carbocycles. The molecule has 1 fully saturated rings. The molecule has 0 bridgehead atoms. The zero-order valence-electron chi connectivity index (χ0n) is 16.0. The molecule has 1 N–H and O–H groups in total. The minimum Gasteiger partial charge on any atom is -0.480 e. The molecule has 7 nitrogen and oxygen atoms in total. The van der Waals surface area contributed by atoms with E-state index in [-0.39, 0.29) is 11.6 Å². The molecule has 30 heavy (non-hydrogen) atoms. The highest BCUT2D eigenvalue weighted by Gasteiger charge is 2.39. The normalized spacial score (nSPS) is 17.5. The molecule has 5 rings (SSSR count). The summed E-state index contributed by atoms with van der Waals surface area (Å²) in [5.74, 6) is -0.471. The van der Waals surface area contributed by atoms with Crippen LogP contribution in [0.4, 0.5) is 5.69 Å². The van der Waals surface area contributed by atoms with Gasteiger partial charge >= 0.3 is 5.97 Å². The lowest BCUT2D eigenvalue weighted by Gasteiger charge is -2.19. The Balaban J connectivity index is 1.78. The smallest absolute Gasteiger partial charge is 0.327 e. The number of rotatable bonds is 5. The second kappa shape index (κ2) is 7.23. The fourth-order valence-electron chi connectivity index (χ4n) is 4.32. The SMILES string of the molecule is [N-]=[N+]=Nc1c(Cc2cccc3ccccc23)c(C2CC2)c2n(c1=O)[C@H](C(=O)O)CS2. The van der Waals surface area contributed by atoms with Crippen LogP contribution in [-0.2, 0) is 11.2 Å². The van der Waals surface area contributed by atoms with Gasteiger partial charge in [0, 0.05) is 10.7 Å². The number of hydrogen-bond acceptors (Lipinski definition) is 4. The maximum absolute atomic E-state index is 13.3. The molecule has 1 atom stereocenters. The molecule has 0 radical (unpaired) electrons. The van der Waals surface area contributed by atoms with Crippen molar-refractivity contribution in [3.8, 4) is 0 Å². The number of fused-ring (bicyclic) bond motifs is 2. The first-order valence-electron chi connectivity index (χ1n) is 9.78. The van der Waals surface area contributed by atoms with Gasteiger partial charge in [-0.15, -0.1) is 11.8 Å². The number of carboxylic acids is 1. The Morgan fingerprint density at radius 3 is 2.73 bits per heavy atom. The van der Waals surface area contributed by atoms with Gasteiger partial charge in [-0.05, 0) is 58.2 Å². The number of carboxylic acid groups (broad SMARTS) is 1. The third kappa shape index (κ3) is 2.96. The van der Waals surface area contributed by atoms with Crippen LogP contribution in [0.2, 0.25) is 0 Å². The summed E-state index contributed by atoms with van der Waals surface area (Å²) in [6, 6.07) is 13.2. The summed E-state index contributed by atoms with van der Waals surface area (Å²) >= 11 is 1.42. The summed E-state index contributed by atoms with van der Waals surface area (Å²) in [4.78, 5) is 27.9. The van der Waals surface area contributed by atoms with Crippen LogP contribution in [-0.4, -0.2) is 21.4 Å². The van der Waals surface area contributed by atoms with Crippen LogP contribution in [0.3, 0.4) is 0 Å². The molecule has 2 aliphatic rings. The van der Waals surface area contributed by atoms with E-state index < -0.39 is 17.6 Å². The standard InChI is InChI=1S/C22H18N4O3S/c23-25-24-19-16(10-14-6-3-5-12-4-1-2-7-15(12)14)18(13-8-9-13)21-26(20(19)27)17(11-30-21)22(28)29/h1-7,13,17H,8-11H2,(H,28,29)/t17-/m0/s1. The number of benzene rings is 2. The molecular formula is C22H18N4O3S. The van der Waals surface area contributed by atoms with Gasteiger partial charge in [0.05, 0.1) is 5.03 Å². The lowest BCUT2D eigenvalue weighted by Crippen LogP contribution is -2.30. The number of nitrogens with zero attached hydrogens (tertiary/aromatic N) is 4. The van der Waals surface area contributed by atoms with Crippen molar-refractivity contribution in [2.24, 2.45) is 5.11 Å². The monoisotopic (exact) mass is 418 g/mol. The van der Waals surface area contributed by atoms with E-state index in [1.165, 1.54) is 16.3 Å². The van der Waals surface area contributed by atoms with Crippen molar-refractivity contribution in [3.63, 3.8) is 0 Å². The first-order valence-corrected chi connectivity index (χ1v) is 10.8. The van der Waals surface area contributed by atoms with Crippen molar-refractivity contribution in [3.05, 3.63) is 80.0 Å². The molecule has 2 heterocycles. The Morgan fingerprint density at radius 2 is 2.00 bits per heavy atom. The topological polar surface area (TPSA) is 108 Å². The van der Waals surface area contributed by atoms with Crippen molar-refractivity contribution >= 4 is 34.2 Å². The minimum atomic E-state index is -1.04. The zero-order valence-corrected chi connectivity index (χ0v) is 16.8. The predicted molar refractivity (Wildman–Crippen MR) is 116 cm³/mol. The van der Waals surface area contributed by atoms with Crippen molar-refractivity contribution in [2.75, 3.05) is 5.75 Å². The first kappa shape index (κ1) is 18.8. The molecule has 1 saturated carbocycles. The van der Waals surface area contributed by atoms with Crippen molar-refractivity contribution < 1.29 is 9.90 Å². The van der Waals surface area contributed by atoms with Crippen LogP contribution in [0.1, 0.15) is 41.5 Å². The molecule has 1 aromatic heterocycles. The lowest BCUT2D eigenvalue weighted by atomic mass is 9.93. The average Bonchev–Trinajstić information content (AvgIpc) is 3.48. The number of aromatic nitrogens is 1. The number of pyridine rings is 1. The molecule has 0 unspecified atom stereocenters. The number of carbonyl (C=O) groups is 1. The van der Waals surface area contributed by atoms with Gasteiger partial charge in [0.25, 0.3) is 5.56 Å². The second-order valence-electron chi connectivity index (χ2n) is 7.66. The number of azide groups is 1. The highest BCUT2D eigenvalue weighted by Crippen LogP contribution is 2.50. The third-order valence-corrected chi connectivity index (χ3v) is 7.01. The molecular weight excluding hydrogens is 400 g/mol. The Morgan fingerprint density at radius 1 is 1.23 bits per heavy atom. The van der Waals surface area contributed by atoms with E-state index in [1.54, 1.807) is 0 Å². The summed E-state index contributed by atoms with van der Waals surface area (Å²) in [6.45, 7) is 0. The fourth-order valence-corrected chi connectivity index (χ4v) is 5.73. The van der Waals surface area contributed by atoms with E-state index >= 15 is 0 Å². The Hall–Kier alpha value is -3.22. The quantitative estimate of drug-likeness (QED) is 0.351. The summed E-state index contributed by atoms with van der Waals surface area (Å²) in [5.41, 5.74) is 11.5. The van der Waals surface area contributed by atoms with E-state index in [0.29, 0.717) is 12.2 Å². The molecule has 8 heteroatoms. The molecule has 1 aliphatic heterocycles. The molecule has 0 spiro atoms. The lowest BCUT2D eigenvalue weighted by molar-refractivity contribution is -0.140. The van der Waals surface area contributed by atoms with Gasteiger partial charge in [0.15, 0.2) is 0 Å². The molecule has 0 amide bonds.